The van der Waals surface area contributed by atoms with Crippen molar-refractivity contribution in [2.75, 3.05) is 0 Å². The zero-order valence-corrected chi connectivity index (χ0v) is 36.0. The van der Waals surface area contributed by atoms with Crippen molar-refractivity contribution in [3.63, 3.8) is 0 Å². The van der Waals surface area contributed by atoms with Gasteiger partial charge in [-0.3, -0.25) is 19.2 Å². The quantitative estimate of drug-likeness (QED) is 0.158. The van der Waals surface area contributed by atoms with Gasteiger partial charge in [0.15, 0.2) is 16.5 Å². The zero-order valence-electron chi connectivity index (χ0n) is 32.7. The summed E-state index contributed by atoms with van der Waals surface area (Å²) in [4.78, 5) is 77.7. The van der Waals surface area contributed by atoms with Gasteiger partial charge in [-0.05, 0) is 117 Å². The lowest BCUT2D eigenvalue weighted by atomic mass is 9.78. The van der Waals surface area contributed by atoms with Crippen LogP contribution in [0.1, 0.15) is 37.7 Å². The van der Waals surface area contributed by atoms with E-state index in [-0.39, 0.29) is 21.6 Å². The Bertz CT molecular complexity index is 4220. The summed E-state index contributed by atoms with van der Waals surface area (Å²) in [6.07, 6.45) is 4.73. The van der Waals surface area contributed by atoms with Gasteiger partial charge in [-0.2, -0.15) is 0 Å². The Kier molecular flexibility index (Phi) is 7.26. The molecule has 1 fully saturated rings. The Morgan fingerprint density at radius 1 is 0.476 bits per heavy atom. The normalized spacial score (nSPS) is 14.9. The van der Waals surface area contributed by atoms with Gasteiger partial charge in [0.2, 0.25) is 32.0 Å². The number of ether oxygens (including phenoxy) is 1. The van der Waals surface area contributed by atoms with Gasteiger partial charge in [0, 0.05) is 27.1 Å². The lowest BCUT2D eigenvalue weighted by Gasteiger charge is -2.40. The third kappa shape index (κ3) is 5.07. The smallest absolute Gasteiger partial charge is 0.216 e. The largest absolute Gasteiger partial charge is 0.479 e. The molecule has 0 N–H and O–H groups in total. The van der Waals surface area contributed by atoms with E-state index in [2.05, 4.69) is 9.98 Å². The summed E-state index contributed by atoms with van der Waals surface area (Å²) in [7, 11) is 0. The number of thiazole rings is 2. The van der Waals surface area contributed by atoms with E-state index in [0.717, 1.165) is 115 Å². The van der Waals surface area contributed by atoms with E-state index in [1.807, 2.05) is 84.9 Å². The molecule has 1 saturated carbocycles. The summed E-state index contributed by atoms with van der Waals surface area (Å²) >= 11 is 5.81. The Balaban J connectivity index is 0.881. The average Bonchev–Trinajstić information content (AvgIpc) is 4.12. The molecular formula is C50H26N4O5S4. The summed E-state index contributed by atoms with van der Waals surface area (Å²) < 4.78 is 8.99. The van der Waals surface area contributed by atoms with Crippen molar-refractivity contribution in [1.82, 2.24) is 9.97 Å². The van der Waals surface area contributed by atoms with Gasteiger partial charge >= 0.3 is 0 Å². The molecule has 0 bridgehead atoms. The highest BCUT2D eigenvalue weighted by atomic mass is 32.1. The number of hydrogen-bond acceptors (Lipinski definition) is 13. The second-order valence-electron chi connectivity index (χ2n) is 16.6. The van der Waals surface area contributed by atoms with E-state index in [4.69, 9.17) is 14.7 Å². The standard InChI is InChI=1S/C50H26N4O5S4/c55-37-30-18-26-14-22-8-2-3-9-23(22)15-27(26)19-31(30)38(56)35(37)51-48-53-46-43(62-48)34-42(60-46)44-41(59-50(34)12-6-1-7-13-50)45-47(61-44)54-49(63-45)52-36-39(57)32-20-28-16-24-10-4-5-11-25(24)17-29(28)21-33(32)40(36)58/h2-5,8-11,14-21H,1,6-7,12-13H2. The molecule has 14 rings (SSSR count). The van der Waals surface area contributed by atoms with Crippen LogP contribution in [0.3, 0.4) is 0 Å². The fourth-order valence-corrected chi connectivity index (χ4v) is 14.8. The molecular weight excluding hydrogens is 865 g/mol. The molecule has 0 saturated heterocycles. The van der Waals surface area contributed by atoms with Crippen LogP contribution >= 0.6 is 45.3 Å². The van der Waals surface area contributed by atoms with Crippen LogP contribution in [0.4, 0.5) is 10.3 Å². The summed E-state index contributed by atoms with van der Waals surface area (Å²) in [5, 5.41) is 9.78. The third-order valence-electron chi connectivity index (χ3n) is 13.0. The molecule has 13 heteroatoms. The van der Waals surface area contributed by atoms with Crippen molar-refractivity contribution in [3.8, 4) is 15.5 Å². The highest BCUT2D eigenvalue weighted by molar-refractivity contribution is 7.35. The number of hydrogen-bond donors (Lipinski definition) is 0. The summed E-state index contributed by atoms with van der Waals surface area (Å²) in [5.41, 5.74) is -1.06. The van der Waals surface area contributed by atoms with Gasteiger partial charge in [0.25, 0.3) is 0 Å². The van der Waals surface area contributed by atoms with E-state index in [0.29, 0.717) is 31.8 Å². The SMILES string of the molecule is O=c1c(=Nc2nc3sc4c(c3s2)OC2(CCCCC2)c2c-4sc3nc(N=c4c(=O)c5cc6cc7ccccc7cc6cc5c4=O)sc23)c(=O)c2cc3cc4ccccc4cc3cc12. The van der Waals surface area contributed by atoms with Crippen LogP contribution in [0.2, 0.25) is 0 Å². The van der Waals surface area contributed by atoms with Crippen LogP contribution < -0.4 is 37.2 Å². The Hall–Kier alpha value is -6.64. The molecule has 8 aromatic carbocycles. The minimum Gasteiger partial charge on any atom is -0.479 e. The molecule has 9 nitrogen and oxygen atoms in total. The molecule has 63 heavy (non-hydrogen) atoms. The minimum atomic E-state index is -0.607. The fraction of sp³-hybridized carbons (Fsp3) is 0.120. The van der Waals surface area contributed by atoms with Gasteiger partial charge in [-0.25, -0.2) is 20.0 Å². The number of thiophene rings is 2. The second kappa shape index (κ2) is 12.7. The molecule has 1 aliphatic carbocycles. The predicted molar refractivity (Wildman–Crippen MR) is 258 cm³/mol. The van der Waals surface area contributed by atoms with Crippen LogP contribution in [0.25, 0.3) is 93.4 Å². The molecule has 1 spiro atoms. The van der Waals surface area contributed by atoms with Crippen molar-refractivity contribution < 1.29 is 4.74 Å². The van der Waals surface area contributed by atoms with Crippen molar-refractivity contribution in [3.05, 3.63) is 154 Å². The summed E-state index contributed by atoms with van der Waals surface area (Å²) in [5.74, 6) is 0.758. The first kappa shape index (κ1) is 35.9. The van der Waals surface area contributed by atoms with Crippen LogP contribution in [0.5, 0.6) is 5.75 Å². The number of fused-ring (bicyclic) bond motifs is 14. The van der Waals surface area contributed by atoms with Gasteiger partial charge in [-0.1, -0.05) is 77.6 Å². The first-order chi connectivity index (χ1) is 30.8. The molecule has 300 valence electrons. The van der Waals surface area contributed by atoms with Crippen LogP contribution in [0.15, 0.2) is 126 Å². The van der Waals surface area contributed by atoms with Crippen LogP contribution in [0, 0.1) is 0 Å². The van der Waals surface area contributed by atoms with Crippen molar-refractivity contribution in [2.24, 2.45) is 9.98 Å². The molecule has 1 aliphatic heterocycles. The van der Waals surface area contributed by atoms with Gasteiger partial charge in [-0.15, -0.1) is 22.7 Å². The zero-order chi connectivity index (χ0) is 41.9. The van der Waals surface area contributed by atoms with Crippen molar-refractivity contribution >= 4 is 139 Å². The van der Waals surface area contributed by atoms with E-state index in [1.54, 1.807) is 23.5 Å². The maximum absolute atomic E-state index is 13.8. The third-order valence-corrected chi connectivity index (χ3v) is 17.5. The van der Waals surface area contributed by atoms with Gasteiger partial charge < -0.3 is 4.74 Å². The first-order valence-electron chi connectivity index (χ1n) is 20.6. The van der Waals surface area contributed by atoms with Gasteiger partial charge in [0.05, 0.1) is 14.5 Å². The molecule has 2 aliphatic rings. The van der Waals surface area contributed by atoms with E-state index >= 15 is 0 Å². The Morgan fingerprint density at radius 2 is 0.889 bits per heavy atom. The molecule has 12 aromatic rings. The molecule has 5 heterocycles. The van der Waals surface area contributed by atoms with Gasteiger partial charge in [0.1, 0.15) is 20.0 Å². The highest BCUT2D eigenvalue weighted by Crippen LogP contribution is 2.62. The number of benzene rings is 6. The first-order valence-corrected chi connectivity index (χ1v) is 23.9. The lowest BCUT2D eigenvalue weighted by Crippen LogP contribution is -2.37. The van der Waals surface area contributed by atoms with Crippen molar-refractivity contribution in [1.29, 1.82) is 0 Å². The molecule has 4 aromatic heterocycles. The van der Waals surface area contributed by atoms with Crippen LogP contribution in [-0.2, 0) is 5.60 Å². The lowest BCUT2D eigenvalue weighted by molar-refractivity contribution is 0.0282. The molecule has 0 radical (unpaired) electrons. The summed E-state index contributed by atoms with van der Waals surface area (Å²) in [6, 6.07) is 31.5. The topological polar surface area (TPSA) is 128 Å². The average molecular weight is 891 g/mol. The van der Waals surface area contributed by atoms with Crippen LogP contribution in [-0.4, -0.2) is 9.97 Å². The summed E-state index contributed by atoms with van der Waals surface area (Å²) in [6.45, 7) is 0. The molecule has 0 unspecified atom stereocenters. The highest BCUT2D eigenvalue weighted by Gasteiger charge is 2.47. The van der Waals surface area contributed by atoms with E-state index in [9.17, 15) is 19.2 Å². The fourth-order valence-electron chi connectivity index (χ4n) is 10.0. The maximum Gasteiger partial charge on any atom is 0.216 e. The van der Waals surface area contributed by atoms with E-state index < -0.39 is 16.5 Å². The predicted octanol–water partition coefficient (Wildman–Crippen LogP) is 10.8. The number of nitrogens with zero attached hydrogens (tertiary/aromatic N) is 4. The number of aromatic nitrogens is 2. The molecule has 0 atom stereocenters. The molecule has 0 amide bonds. The second-order valence-corrected chi connectivity index (χ2v) is 20.6. The minimum absolute atomic E-state index is 0.109. The van der Waals surface area contributed by atoms with Crippen molar-refractivity contribution in [2.45, 2.75) is 37.7 Å². The monoisotopic (exact) mass is 890 g/mol. The Labute approximate surface area is 369 Å². The maximum atomic E-state index is 13.8. The van der Waals surface area contributed by atoms with E-state index in [1.165, 1.54) is 34.0 Å². The Morgan fingerprint density at radius 3 is 1.35 bits per heavy atom. The number of rotatable bonds is 2.